The molecule has 2 saturated heterocycles. The smallest absolute Gasteiger partial charge is 0.331 e. The molecule has 13 heteroatoms. The third kappa shape index (κ3) is 11.8. The van der Waals surface area contributed by atoms with Crippen molar-refractivity contribution in [1.82, 2.24) is 9.80 Å². The Morgan fingerprint density at radius 3 is 1.32 bits per heavy atom. The Labute approximate surface area is 190 Å². The summed E-state index contributed by atoms with van der Waals surface area (Å²) >= 11 is 0. The average Bonchev–Trinajstić information content (AvgIpc) is 2.69. The van der Waals surface area contributed by atoms with E-state index in [1.165, 1.54) is 0 Å². The normalized spacial score (nSPS) is 21.3. The minimum Gasteiger partial charge on any atom is -0.462 e. The zero-order valence-electron chi connectivity index (χ0n) is 17.4. The molecule has 2 aliphatic rings. The second-order valence-corrected chi connectivity index (χ2v) is 12.0. The van der Waals surface area contributed by atoms with Gasteiger partial charge in [0, 0.05) is 51.4 Å². The molecule has 0 amide bonds. The summed E-state index contributed by atoms with van der Waals surface area (Å²) in [6, 6.07) is 0. The first-order valence-electron chi connectivity index (χ1n) is 10.0. The number of carbonyl (C=O) groups excluding carboxylic acids is 2. The molecule has 0 saturated carbocycles. The monoisotopic (exact) mass is 502 g/mol. The van der Waals surface area contributed by atoms with Crippen LogP contribution in [0.5, 0.6) is 0 Å². The second kappa shape index (κ2) is 13.4. The van der Waals surface area contributed by atoms with E-state index in [1.54, 1.807) is 0 Å². The molecule has 0 unspecified atom stereocenters. The van der Waals surface area contributed by atoms with E-state index < -0.39 is 31.6 Å². The van der Waals surface area contributed by atoms with Gasteiger partial charge in [-0.05, 0) is 12.8 Å². The standard InChI is InChI=1S/C18H30N2O8S2.ClH/c21-17(27-11-1-5-19-7-13-29(23,24)14-8-19)3-4-18(22)28-12-2-6-20-9-15-30(25,26)16-10-20;/h3-4H,1-2,5-16H2;1H/b4-3+;. The van der Waals surface area contributed by atoms with Crippen LogP contribution in [0.4, 0.5) is 0 Å². The van der Waals surface area contributed by atoms with E-state index >= 15 is 0 Å². The van der Waals surface area contributed by atoms with Gasteiger partial charge in [0.15, 0.2) is 19.7 Å². The number of hydrogen-bond acceptors (Lipinski definition) is 10. The zero-order chi connectivity index (χ0) is 22.0. The third-order valence-corrected chi connectivity index (χ3v) is 8.17. The molecule has 0 aromatic carbocycles. The van der Waals surface area contributed by atoms with Gasteiger partial charge in [-0.1, -0.05) is 0 Å². The van der Waals surface area contributed by atoms with Crippen molar-refractivity contribution in [3.8, 4) is 0 Å². The number of esters is 2. The summed E-state index contributed by atoms with van der Waals surface area (Å²) in [6.45, 7) is 3.67. The second-order valence-electron chi connectivity index (χ2n) is 7.36. The minimum atomic E-state index is -2.90. The molecule has 0 aliphatic carbocycles. The number of hydrogen-bond donors (Lipinski definition) is 0. The lowest BCUT2D eigenvalue weighted by Crippen LogP contribution is -2.40. The van der Waals surface area contributed by atoms with Crippen LogP contribution in [-0.2, 0) is 38.7 Å². The van der Waals surface area contributed by atoms with Gasteiger partial charge in [-0.25, -0.2) is 26.4 Å². The first-order valence-corrected chi connectivity index (χ1v) is 13.7. The summed E-state index contributed by atoms with van der Waals surface area (Å²) in [5.41, 5.74) is 0. The topological polar surface area (TPSA) is 127 Å². The average molecular weight is 503 g/mol. The summed E-state index contributed by atoms with van der Waals surface area (Å²) in [6.07, 6.45) is 3.21. The van der Waals surface area contributed by atoms with Crippen LogP contribution in [0.2, 0.25) is 0 Å². The maximum Gasteiger partial charge on any atom is 0.331 e. The summed E-state index contributed by atoms with van der Waals surface area (Å²) in [4.78, 5) is 27.3. The van der Waals surface area contributed by atoms with Gasteiger partial charge >= 0.3 is 11.9 Å². The van der Waals surface area contributed by atoms with Crippen LogP contribution in [-0.4, -0.2) is 114 Å². The molecule has 2 heterocycles. The zero-order valence-corrected chi connectivity index (χ0v) is 19.9. The van der Waals surface area contributed by atoms with E-state index in [0.29, 0.717) is 52.1 Å². The van der Waals surface area contributed by atoms with Crippen LogP contribution >= 0.6 is 12.4 Å². The Morgan fingerprint density at radius 2 is 1.00 bits per heavy atom. The predicted molar refractivity (Wildman–Crippen MR) is 118 cm³/mol. The van der Waals surface area contributed by atoms with Crippen molar-refractivity contribution < 1.29 is 35.9 Å². The van der Waals surface area contributed by atoms with Crippen molar-refractivity contribution in [2.24, 2.45) is 0 Å². The molecule has 31 heavy (non-hydrogen) atoms. The van der Waals surface area contributed by atoms with Gasteiger partial charge in [0.1, 0.15) is 0 Å². The Balaban J connectivity index is 0.00000480. The Hall–Kier alpha value is -1.21. The highest BCUT2D eigenvalue weighted by molar-refractivity contribution is 7.91. The molecule has 2 fully saturated rings. The van der Waals surface area contributed by atoms with Gasteiger partial charge in [0.2, 0.25) is 0 Å². The minimum absolute atomic E-state index is 0. The van der Waals surface area contributed by atoms with Gasteiger partial charge in [0.25, 0.3) is 0 Å². The summed E-state index contributed by atoms with van der Waals surface area (Å²) in [5.74, 6) is -0.616. The third-order valence-electron chi connectivity index (χ3n) is 4.96. The fourth-order valence-electron chi connectivity index (χ4n) is 3.10. The van der Waals surface area contributed by atoms with Crippen molar-refractivity contribution in [2.75, 3.05) is 75.5 Å². The molecule has 0 N–H and O–H groups in total. The number of nitrogens with zero attached hydrogens (tertiary/aromatic N) is 2. The van der Waals surface area contributed by atoms with Crippen LogP contribution in [0.15, 0.2) is 12.2 Å². The highest BCUT2D eigenvalue weighted by atomic mass is 35.5. The predicted octanol–water partition coefficient (Wildman–Crippen LogP) is -0.708. The fourth-order valence-corrected chi connectivity index (χ4v) is 5.66. The largest absolute Gasteiger partial charge is 0.462 e. The SMILES string of the molecule is Cl.O=C(/C=C/C(=O)OCCCN1CCS(=O)(=O)CC1)OCCCN1CCS(=O)(=O)CC1. The molecule has 2 aliphatic heterocycles. The summed E-state index contributed by atoms with van der Waals surface area (Å²) < 4.78 is 55.4. The molecule has 0 spiro atoms. The van der Waals surface area contributed by atoms with Crippen LogP contribution in [0.25, 0.3) is 0 Å². The molecule has 2 rings (SSSR count). The Bertz CT molecular complexity index is 733. The lowest BCUT2D eigenvalue weighted by Gasteiger charge is -2.26. The van der Waals surface area contributed by atoms with E-state index in [0.717, 1.165) is 12.2 Å². The molecule has 0 atom stereocenters. The number of ether oxygens (including phenoxy) is 2. The van der Waals surface area contributed by atoms with Crippen molar-refractivity contribution in [3.63, 3.8) is 0 Å². The van der Waals surface area contributed by atoms with Crippen molar-refractivity contribution in [1.29, 1.82) is 0 Å². The molecular formula is C18H31ClN2O8S2. The van der Waals surface area contributed by atoms with Gasteiger partial charge in [0.05, 0.1) is 36.2 Å². The lowest BCUT2D eigenvalue weighted by molar-refractivity contribution is -0.140. The lowest BCUT2D eigenvalue weighted by atomic mass is 10.4. The van der Waals surface area contributed by atoms with E-state index in [9.17, 15) is 26.4 Å². The van der Waals surface area contributed by atoms with Crippen LogP contribution in [0, 0.1) is 0 Å². The van der Waals surface area contributed by atoms with Gasteiger partial charge < -0.3 is 19.3 Å². The molecule has 0 aromatic heterocycles. The highest BCUT2D eigenvalue weighted by Crippen LogP contribution is 2.05. The molecular weight excluding hydrogens is 472 g/mol. The summed E-state index contributed by atoms with van der Waals surface area (Å²) in [5, 5.41) is 0. The van der Waals surface area contributed by atoms with Crippen molar-refractivity contribution in [2.45, 2.75) is 12.8 Å². The van der Waals surface area contributed by atoms with Crippen molar-refractivity contribution in [3.05, 3.63) is 12.2 Å². The van der Waals surface area contributed by atoms with Gasteiger partial charge in [-0.15, -0.1) is 12.4 Å². The van der Waals surface area contributed by atoms with E-state index in [4.69, 9.17) is 9.47 Å². The molecule has 0 radical (unpaired) electrons. The van der Waals surface area contributed by atoms with E-state index in [1.807, 2.05) is 9.80 Å². The maximum absolute atomic E-state index is 11.6. The molecule has 10 nitrogen and oxygen atoms in total. The Morgan fingerprint density at radius 1 is 0.677 bits per heavy atom. The number of carbonyl (C=O) groups is 2. The number of halogens is 1. The number of rotatable bonds is 10. The van der Waals surface area contributed by atoms with Gasteiger partial charge in [-0.2, -0.15) is 0 Å². The van der Waals surface area contributed by atoms with Crippen LogP contribution < -0.4 is 0 Å². The Kier molecular flexibility index (Phi) is 12.0. The molecule has 0 aromatic rings. The summed E-state index contributed by atoms with van der Waals surface area (Å²) in [7, 11) is -5.80. The molecule has 0 bridgehead atoms. The van der Waals surface area contributed by atoms with Gasteiger partial charge in [-0.3, -0.25) is 0 Å². The molecule has 180 valence electrons. The van der Waals surface area contributed by atoms with E-state index in [-0.39, 0.29) is 48.6 Å². The van der Waals surface area contributed by atoms with Crippen molar-refractivity contribution >= 4 is 44.0 Å². The quantitative estimate of drug-likeness (QED) is 0.215. The maximum atomic E-state index is 11.6. The number of sulfone groups is 2. The first kappa shape index (κ1) is 27.8. The first-order chi connectivity index (χ1) is 14.2. The van der Waals surface area contributed by atoms with Crippen LogP contribution in [0.1, 0.15) is 12.8 Å². The fraction of sp³-hybridized carbons (Fsp3) is 0.778. The van der Waals surface area contributed by atoms with Crippen LogP contribution in [0.3, 0.4) is 0 Å². The van der Waals surface area contributed by atoms with E-state index in [2.05, 4.69) is 0 Å². The highest BCUT2D eigenvalue weighted by Gasteiger charge is 2.21.